The van der Waals surface area contributed by atoms with E-state index in [1.54, 1.807) is 23.0 Å². The number of hydrogen-bond donors (Lipinski definition) is 2. The van der Waals surface area contributed by atoms with Crippen LogP contribution in [0.3, 0.4) is 0 Å². The predicted octanol–water partition coefficient (Wildman–Crippen LogP) is 0.352. The molecule has 19 heavy (non-hydrogen) atoms. The van der Waals surface area contributed by atoms with Gasteiger partial charge in [-0.05, 0) is 19.3 Å². The second-order valence-corrected chi connectivity index (χ2v) is 5.33. The summed E-state index contributed by atoms with van der Waals surface area (Å²) in [5.74, 6) is -0.102. The van der Waals surface area contributed by atoms with E-state index in [0.29, 0.717) is 17.8 Å². The van der Waals surface area contributed by atoms with E-state index in [1.165, 1.54) is 6.42 Å². The zero-order valence-corrected chi connectivity index (χ0v) is 10.4. The lowest BCUT2D eigenvalue weighted by molar-refractivity contribution is 0.0925. The lowest BCUT2D eigenvalue weighted by atomic mass is 9.95. The first-order chi connectivity index (χ1) is 9.29. The van der Waals surface area contributed by atoms with Crippen LogP contribution in [0.15, 0.2) is 24.8 Å². The van der Waals surface area contributed by atoms with Crippen LogP contribution in [-0.2, 0) is 0 Å². The van der Waals surface area contributed by atoms with Crippen molar-refractivity contribution in [2.24, 2.45) is 0 Å². The molecule has 2 aromatic rings. The van der Waals surface area contributed by atoms with Gasteiger partial charge in [-0.3, -0.25) is 4.79 Å². The molecule has 2 aliphatic rings. The molecule has 98 valence electrons. The van der Waals surface area contributed by atoms with Gasteiger partial charge in [0, 0.05) is 36.7 Å². The standard InChI is InChI=1S/C13H15N5O/c19-13(17-10-5-8-1-2-9(10)16-8)11-7-18-4-3-14-12(18)6-15-11/h3-4,6-10,16H,1-2,5H2,(H,17,19)/t8-,9+,10-/m1/s1. The van der Waals surface area contributed by atoms with Gasteiger partial charge in [0.25, 0.3) is 5.91 Å². The van der Waals surface area contributed by atoms with Crippen LogP contribution in [-0.4, -0.2) is 38.4 Å². The summed E-state index contributed by atoms with van der Waals surface area (Å²) < 4.78 is 1.81. The third kappa shape index (κ3) is 1.79. The van der Waals surface area contributed by atoms with Crippen molar-refractivity contribution in [3.8, 4) is 0 Å². The van der Waals surface area contributed by atoms with E-state index in [4.69, 9.17) is 0 Å². The SMILES string of the molecule is O=C(N[C@@H]1C[C@H]2CC[C@@H]1N2)c1cn2ccnc2cn1. The minimum atomic E-state index is -0.102. The molecule has 6 heteroatoms. The molecule has 3 atom stereocenters. The number of nitrogens with one attached hydrogen (secondary N) is 2. The van der Waals surface area contributed by atoms with Gasteiger partial charge in [-0.15, -0.1) is 0 Å². The van der Waals surface area contributed by atoms with Crippen LogP contribution in [0.25, 0.3) is 5.65 Å². The Morgan fingerprint density at radius 3 is 3.16 bits per heavy atom. The number of amides is 1. The lowest BCUT2D eigenvalue weighted by Gasteiger charge is -2.21. The summed E-state index contributed by atoms with van der Waals surface area (Å²) in [6.45, 7) is 0. The maximum atomic E-state index is 12.2. The molecule has 2 bridgehead atoms. The zero-order valence-electron chi connectivity index (χ0n) is 10.4. The largest absolute Gasteiger partial charge is 0.346 e. The van der Waals surface area contributed by atoms with Crippen molar-refractivity contribution in [1.29, 1.82) is 0 Å². The molecule has 0 unspecified atom stereocenters. The number of carbonyl (C=O) groups is 1. The van der Waals surface area contributed by atoms with Gasteiger partial charge in [0.15, 0.2) is 5.65 Å². The summed E-state index contributed by atoms with van der Waals surface area (Å²) in [5, 5.41) is 6.60. The first-order valence-electron chi connectivity index (χ1n) is 6.65. The molecule has 6 nitrogen and oxygen atoms in total. The minimum absolute atomic E-state index is 0.102. The highest BCUT2D eigenvalue weighted by atomic mass is 16.2. The Bertz CT molecular complexity index is 637. The Balaban J connectivity index is 1.53. The fourth-order valence-corrected chi connectivity index (χ4v) is 3.17. The van der Waals surface area contributed by atoms with Gasteiger partial charge in [0.1, 0.15) is 5.69 Å². The van der Waals surface area contributed by atoms with Gasteiger partial charge in [0.2, 0.25) is 0 Å². The summed E-state index contributed by atoms with van der Waals surface area (Å²) >= 11 is 0. The lowest BCUT2D eigenvalue weighted by Crippen LogP contribution is -2.43. The van der Waals surface area contributed by atoms with E-state index in [2.05, 4.69) is 20.6 Å². The van der Waals surface area contributed by atoms with Crippen LogP contribution in [0, 0.1) is 0 Å². The Hall–Kier alpha value is -1.95. The summed E-state index contributed by atoms with van der Waals surface area (Å²) in [4.78, 5) is 20.5. The van der Waals surface area contributed by atoms with E-state index in [0.717, 1.165) is 18.5 Å². The Morgan fingerprint density at radius 1 is 1.42 bits per heavy atom. The number of rotatable bonds is 2. The highest BCUT2D eigenvalue weighted by Crippen LogP contribution is 2.28. The van der Waals surface area contributed by atoms with Crippen LogP contribution >= 0.6 is 0 Å². The summed E-state index contributed by atoms with van der Waals surface area (Å²) in [6, 6.07) is 1.26. The van der Waals surface area contributed by atoms with Gasteiger partial charge < -0.3 is 15.0 Å². The normalized spacial score (nSPS) is 28.9. The molecule has 4 heterocycles. The van der Waals surface area contributed by atoms with Crippen LogP contribution in [0.5, 0.6) is 0 Å². The summed E-state index contributed by atoms with van der Waals surface area (Å²) in [7, 11) is 0. The molecular weight excluding hydrogens is 242 g/mol. The summed E-state index contributed by atoms with van der Waals surface area (Å²) in [6.07, 6.45) is 10.3. The van der Waals surface area contributed by atoms with E-state index in [9.17, 15) is 4.79 Å². The van der Waals surface area contributed by atoms with Crippen molar-refractivity contribution < 1.29 is 4.79 Å². The van der Waals surface area contributed by atoms with Crippen LogP contribution in [0.1, 0.15) is 29.8 Å². The van der Waals surface area contributed by atoms with Crippen LogP contribution in [0.2, 0.25) is 0 Å². The zero-order chi connectivity index (χ0) is 12.8. The molecule has 2 fully saturated rings. The predicted molar refractivity (Wildman–Crippen MR) is 68.8 cm³/mol. The van der Waals surface area contributed by atoms with E-state index in [1.807, 2.05) is 6.20 Å². The number of imidazole rings is 1. The average molecular weight is 257 g/mol. The highest BCUT2D eigenvalue weighted by molar-refractivity contribution is 5.92. The first kappa shape index (κ1) is 10.9. The summed E-state index contributed by atoms with van der Waals surface area (Å²) in [5.41, 5.74) is 1.19. The number of hydrogen-bond acceptors (Lipinski definition) is 4. The van der Waals surface area contributed by atoms with Crippen molar-refractivity contribution in [2.75, 3.05) is 0 Å². The van der Waals surface area contributed by atoms with Gasteiger partial charge in [-0.2, -0.15) is 0 Å². The Morgan fingerprint density at radius 2 is 2.37 bits per heavy atom. The average Bonchev–Trinajstić information content (AvgIpc) is 3.13. The Kier molecular flexibility index (Phi) is 2.32. The Labute approximate surface area is 110 Å². The molecule has 2 N–H and O–H groups in total. The van der Waals surface area contributed by atoms with E-state index in [-0.39, 0.29) is 11.9 Å². The number of carbonyl (C=O) groups excluding carboxylic acids is 1. The molecular formula is C13H15N5O. The number of fused-ring (bicyclic) bond motifs is 3. The van der Waals surface area contributed by atoms with Gasteiger partial charge in [-0.25, -0.2) is 9.97 Å². The van der Waals surface area contributed by atoms with E-state index < -0.39 is 0 Å². The minimum Gasteiger partial charge on any atom is -0.346 e. The molecule has 2 aromatic heterocycles. The molecule has 0 radical (unpaired) electrons. The van der Waals surface area contributed by atoms with Crippen molar-refractivity contribution >= 4 is 11.6 Å². The number of nitrogens with zero attached hydrogens (tertiary/aromatic N) is 3. The van der Waals surface area contributed by atoms with Crippen molar-refractivity contribution in [3.05, 3.63) is 30.5 Å². The maximum Gasteiger partial charge on any atom is 0.271 e. The number of aromatic nitrogens is 3. The third-order valence-electron chi connectivity index (χ3n) is 4.13. The third-order valence-corrected chi connectivity index (χ3v) is 4.13. The topological polar surface area (TPSA) is 71.3 Å². The van der Waals surface area contributed by atoms with Gasteiger partial charge >= 0.3 is 0 Å². The molecule has 0 saturated carbocycles. The first-order valence-corrected chi connectivity index (χ1v) is 6.65. The van der Waals surface area contributed by atoms with Gasteiger partial charge in [0.05, 0.1) is 6.20 Å². The smallest absolute Gasteiger partial charge is 0.271 e. The molecule has 2 saturated heterocycles. The van der Waals surface area contributed by atoms with Crippen LogP contribution in [0.4, 0.5) is 0 Å². The fraction of sp³-hybridized carbons (Fsp3) is 0.462. The monoisotopic (exact) mass is 257 g/mol. The quantitative estimate of drug-likeness (QED) is 0.814. The van der Waals surface area contributed by atoms with Crippen LogP contribution < -0.4 is 10.6 Å². The van der Waals surface area contributed by atoms with Gasteiger partial charge in [-0.1, -0.05) is 0 Å². The van der Waals surface area contributed by atoms with E-state index >= 15 is 0 Å². The maximum absolute atomic E-state index is 12.2. The highest BCUT2D eigenvalue weighted by Gasteiger charge is 2.39. The molecule has 0 aromatic carbocycles. The molecule has 0 aliphatic carbocycles. The van der Waals surface area contributed by atoms with Crippen molar-refractivity contribution in [1.82, 2.24) is 25.0 Å². The molecule has 2 aliphatic heterocycles. The fourth-order valence-electron chi connectivity index (χ4n) is 3.17. The second kappa shape index (κ2) is 4.03. The molecule has 1 amide bonds. The van der Waals surface area contributed by atoms with Crippen molar-refractivity contribution in [3.63, 3.8) is 0 Å². The molecule has 0 spiro atoms. The van der Waals surface area contributed by atoms with Crippen molar-refractivity contribution in [2.45, 2.75) is 37.4 Å². The molecule has 4 rings (SSSR count). The second-order valence-electron chi connectivity index (χ2n) is 5.33.